The van der Waals surface area contributed by atoms with Crippen LogP contribution in [0.15, 0.2) is 24.5 Å². The van der Waals surface area contributed by atoms with Crippen LogP contribution in [0.2, 0.25) is 0 Å². The Morgan fingerprint density at radius 2 is 1.97 bits per heavy atom. The Labute approximate surface area is 178 Å². The van der Waals surface area contributed by atoms with Gasteiger partial charge in [0.1, 0.15) is 17.9 Å². The molecule has 0 aliphatic heterocycles. The lowest BCUT2D eigenvalue weighted by Gasteiger charge is -2.36. The topological polar surface area (TPSA) is 107 Å². The van der Waals surface area contributed by atoms with Crippen molar-refractivity contribution in [2.45, 2.75) is 70.4 Å². The fraction of sp³-hybridized carbons (Fsp3) is 0.500. The van der Waals surface area contributed by atoms with Gasteiger partial charge in [0.25, 0.3) is 0 Å². The van der Waals surface area contributed by atoms with Gasteiger partial charge in [0.15, 0.2) is 0 Å². The van der Waals surface area contributed by atoms with Crippen LogP contribution >= 0.6 is 0 Å². The number of nitrogens with two attached hydrogens (primary N) is 2. The molecule has 2 aliphatic rings. The Kier molecular flexibility index (Phi) is 5.55. The van der Waals surface area contributed by atoms with Crippen molar-refractivity contribution in [1.29, 1.82) is 0 Å². The maximum atomic E-state index is 9.57. The van der Waals surface area contributed by atoms with Gasteiger partial charge in [0, 0.05) is 22.7 Å². The highest BCUT2D eigenvalue weighted by atomic mass is 16.5. The first-order valence-corrected chi connectivity index (χ1v) is 10.8. The number of rotatable bonds is 4. The molecule has 1 aromatic carbocycles. The standard InChI is InChI=1S/C24H32N4O2/c1-14(10-11-29)20-18-12-24(2,3)21-22(27-13-28-23(21)26)17(18)8-9-19(20)30-16-6-4-15(25)5-7-16/h8-10,13,15-16,29H,4-7,11-12,25H2,1-3H3,(H2,26,27,28)/b14-10+/t15-,16-. The van der Waals surface area contributed by atoms with Crippen molar-refractivity contribution >= 4 is 11.4 Å². The van der Waals surface area contributed by atoms with Gasteiger partial charge < -0.3 is 21.3 Å². The van der Waals surface area contributed by atoms with E-state index in [-0.39, 0.29) is 24.2 Å². The van der Waals surface area contributed by atoms with Crippen LogP contribution in [-0.4, -0.2) is 33.8 Å². The molecule has 0 spiro atoms. The molecule has 1 saturated carbocycles. The zero-order chi connectivity index (χ0) is 21.5. The maximum Gasteiger partial charge on any atom is 0.131 e. The van der Waals surface area contributed by atoms with Crippen molar-refractivity contribution in [1.82, 2.24) is 9.97 Å². The molecule has 5 N–H and O–H groups in total. The highest BCUT2D eigenvalue weighted by molar-refractivity contribution is 5.83. The first-order valence-electron chi connectivity index (χ1n) is 10.8. The normalized spacial score (nSPS) is 22.9. The summed E-state index contributed by atoms with van der Waals surface area (Å²) < 4.78 is 6.51. The lowest BCUT2D eigenvalue weighted by atomic mass is 9.70. The molecule has 0 bridgehead atoms. The number of aliphatic hydroxyl groups is 1. The van der Waals surface area contributed by atoms with E-state index in [4.69, 9.17) is 16.2 Å². The highest BCUT2D eigenvalue weighted by Crippen LogP contribution is 2.48. The molecule has 2 aliphatic carbocycles. The van der Waals surface area contributed by atoms with Crippen LogP contribution in [0, 0.1) is 0 Å². The van der Waals surface area contributed by atoms with E-state index in [2.05, 4.69) is 29.9 Å². The van der Waals surface area contributed by atoms with Crippen molar-refractivity contribution < 1.29 is 9.84 Å². The minimum absolute atomic E-state index is 0.0116. The molecule has 0 atom stereocenters. The molecule has 6 heteroatoms. The zero-order valence-corrected chi connectivity index (χ0v) is 18.1. The minimum atomic E-state index is -0.210. The predicted octanol–water partition coefficient (Wildman–Crippen LogP) is 3.60. The number of hydrogen-bond acceptors (Lipinski definition) is 6. The van der Waals surface area contributed by atoms with Gasteiger partial charge in [-0.1, -0.05) is 19.9 Å². The molecule has 0 radical (unpaired) electrons. The number of aliphatic hydroxyl groups excluding tert-OH is 1. The fourth-order valence-corrected chi connectivity index (χ4v) is 4.99. The number of ether oxygens (including phenoxy) is 1. The van der Waals surface area contributed by atoms with Gasteiger partial charge in [-0.2, -0.15) is 0 Å². The van der Waals surface area contributed by atoms with Crippen molar-refractivity contribution in [2.75, 3.05) is 12.3 Å². The van der Waals surface area contributed by atoms with Crippen LogP contribution in [0.25, 0.3) is 16.8 Å². The van der Waals surface area contributed by atoms with Gasteiger partial charge in [-0.3, -0.25) is 0 Å². The number of aromatic nitrogens is 2. The summed E-state index contributed by atoms with van der Waals surface area (Å²) >= 11 is 0. The molecule has 2 aromatic rings. The first kappa shape index (κ1) is 20.8. The van der Waals surface area contributed by atoms with Gasteiger partial charge in [-0.05, 0) is 67.7 Å². The third kappa shape index (κ3) is 3.70. The van der Waals surface area contributed by atoms with E-state index in [0.29, 0.717) is 5.82 Å². The minimum Gasteiger partial charge on any atom is -0.490 e. The molecule has 4 rings (SSSR count). The molecular weight excluding hydrogens is 376 g/mol. The molecule has 30 heavy (non-hydrogen) atoms. The number of fused-ring (bicyclic) bond motifs is 3. The summed E-state index contributed by atoms with van der Waals surface area (Å²) in [7, 11) is 0. The van der Waals surface area contributed by atoms with E-state index in [9.17, 15) is 5.11 Å². The lowest BCUT2D eigenvalue weighted by molar-refractivity contribution is 0.146. The number of allylic oxidation sites excluding steroid dienone is 1. The van der Waals surface area contributed by atoms with Gasteiger partial charge in [0.2, 0.25) is 0 Å². The second-order valence-corrected chi connectivity index (χ2v) is 9.23. The number of anilines is 1. The molecule has 0 amide bonds. The van der Waals surface area contributed by atoms with Gasteiger partial charge in [0.05, 0.1) is 18.4 Å². The average molecular weight is 409 g/mol. The molecule has 1 fully saturated rings. The van der Waals surface area contributed by atoms with Crippen LogP contribution in [-0.2, 0) is 11.8 Å². The lowest BCUT2D eigenvalue weighted by Crippen LogP contribution is -2.32. The summed E-state index contributed by atoms with van der Waals surface area (Å²) in [6.07, 6.45) is 8.27. The Balaban J connectivity index is 1.85. The molecule has 160 valence electrons. The molecule has 0 saturated heterocycles. The third-order valence-corrected chi connectivity index (χ3v) is 6.51. The van der Waals surface area contributed by atoms with Crippen LogP contribution < -0.4 is 16.2 Å². The Morgan fingerprint density at radius 3 is 2.67 bits per heavy atom. The fourth-order valence-electron chi connectivity index (χ4n) is 4.99. The Hall–Kier alpha value is -2.44. The van der Waals surface area contributed by atoms with E-state index in [0.717, 1.165) is 65.8 Å². The third-order valence-electron chi connectivity index (χ3n) is 6.51. The maximum absolute atomic E-state index is 9.57. The van der Waals surface area contributed by atoms with Crippen molar-refractivity contribution in [2.24, 2.45) is 5.73 Å². The van der Waals surface area contributed by atoms with Crippen LogP contribution in [0.3, 0.4) is 0 Å². The van der Waals surface area contributed by atoms with Crippen molar-refractivity contribution in [3.8, 4) is 17.0 Å². The number of hydrogen-bond donors (Lipinski definition) is 3. The van der Waals surface area contributed by atoms with E-state index in [1.807, 2.05) is 19.1 Å². The summed E-state index contributed by atoms with van der Waals surface area (Å²) in [6.45, 7) is 6.38. The highest BCUT2D eigenvalue weighted by Gasteiger charge is 2.36. The molecule has 0 unspecified atom stereocenters. The monoisotopic (exact) mass is 408 g/mol. The van der Waals surface area contributed by atoms with Crippen molar-refractivity contribution in [3.05, 3.63) is 41.2 Å². The summed E-state index contributed by atoms with van der Waals surface area (Å²) in [5.74, 6) is 1.41. The summed E-state index contributed by atoms with van der Waals surface area (Å²) in [5, 5.41) is 9.57. The van der Waals surface area contributed by atoms with Crippen LogP contribution in [0.4, 0.5) is 5.82 Å². The van der Waals surface area contributed by atoms with E-state index in [1.165, 1.54) is 11.9 Å². The summed E-state index contributed by atoms with van der Waals surface area (Å²) in [4.78, 5) is 8.84. The molecule has 6 nitrogen and oxygen atoms in total. The van der Waals surface area contributed by atoms with Crippen molar-refractivity contribution in [3.63, 3.8) is 0 Å². The quantitative estimate of drug-likeness (QED) is 0.713. The van der Waals surface area contributed by atoms with Crippen LogP contribution in [0.1, 0.15) is 63.1 Å². The van der Waals surface area contributed by atoms with Gasteiger partial charge >= 0.3 is 0 Å². The Morgan fingerprint density at radius 1 is 1.23 bits per heavy atom. The number of benzene rings is 1. The number of nitrogens with zero attached hydrogens (tertiary/aromatic N) is 2. The average Bonchev–Trinajstić information content (AvgIpc) is 2.69. The SMILES string of the molecule is C/C(=C\CO)c1c(O[C@H]2CC[C@H](N)CC2)ccc2c1CC(C)(C)c1c(N)ncnc1-2. The largest absolute Gasteiger partial charge is 0.490 e. The molecular formula is C24H32N4O2. The van der Waals surface area contributed by atoms with E-state index >= 15 is 0 Å². The first-order chi connectivity index (χ1) is 14.3. The van der Waals surface area contributed by atoms with E-state index < -0.39 is 0 Å². The summed E-state index contributed by atoms with van der Waals surface area (Å²) in [6, 6.07) is 4.42. The molecule has 1 aromatic heterocycles. The zero-order valence-electron chi connectivity index (χ0n) is 18.1. The number of nitrogen functional groups attached to an aromatic ring is 1. The van der Waals surface area contributed by atoms with Crippen LogP contribution in [0.5, 0.6) is 5.75 Å². The Bertz CT molecular complexity index is 975. The summed E-state index contributed by atoms with van der Waals surface area (Å²) in [5.41, 5.74) is 18.3. The second kappa shape index (κ2) is 8.00. The van der Waals surface area contributed by atoms with Gasteiger partial charge in [-0.25, -0.2) is 9.97 Å². The molecule has 1 heterocycles. The predicted molar refractivity (Wildman–Crippen MR) is 120 cm³/mol. The second-order valence-electron chi connectivity index (χ2n) is 9.23. The van der Waals surface area contributed by atoms with Gasteiger partial charge in [-0.15, -0.1) is 0 Å². The van der Waals surface area contributed by atoms with E-state index in [1.54, 1.807) is 0 Å². The smallest absolute Gasteiger partial charge is 0.131 e.